The number of methoxy groups -OCH3 is 1. The summed E-state index contributed by atoms with van der Waals surface area (Å²) in [6.45, 7) is 6.21. The second-order valence-corrected chi connectivity index (χ2v) is 5.99. The Labute approximate surface area is 137 Å². The smallest absolute Gasteiger partial charge is 0.148 e. The van der Waals surface area contributed by atoms with Gasteiger partial charge in [0.15, 0.2) is 0 Å². The van der Waals surface area contributed by atoms with E-state index in [1.807, 2.05) is 30.3 Å². The number of rotatable bonds is 6. The molecule has 2 rings (SSSR count). The number of hydrogen-bond donors (Lipinski definition) is 1. The fraction of sp³-hybridized carbons (Fsp3) is 0.389. The highest BCUT2D eigenvalue weighted by Gasteiger charge is 2.15. The number of hydrogen-bond acceptors (Lipinski definition) is 3. The van der Waals surface area contributed by atoms with E-state index in [0.29, 0.717) is 6.04 Å². The Kier molecular flexibility index (Phi) is 5.61. The van der Waals surface area contributed by atoms with Crippen molar-refractivity contribution in [3.8, 4) is 11.5 Å². The predicted octanol–water partition coefficient (Wildman–Crippen LogP) is 4.33. The molecule has 0 heterocycles. The van der Waals surface area contributed by atoms with E-state index in [1.165, 1.54) is 0 Å². The van der Waals surface area contributed by atoms with Crippen LogP contribution in [0.1, 0.15) is 27.2 Å². The standard InChI is InChI=1S/C18H23NO2S/c1-5-17(18(22)19-12(2)3)21-16-9-7-13-6-8-15(20-4)10-14(13)11-16/h6-12,17H,5H2,1-4H3,(H,19,22). The van der Waals surface area contributed by atoms with Crippen molar-refractivity contribution >= 4 is 28.0 Å². The summed E-state index contributed by atoms with van der Waals surface area (Å²) in [5, 5.41) is 5.50. The van der Waals surface area contributed by atoms with E-state index in [4.69, 9.17) is 21.7 Å². The summed E-state index contributed by atoms with van der Waals surface area (Å²) in [7, 11) is 1.67. The maximum atomic E-state index is 6.06. The third-order valence-electron chi connectivity index (χ3n) is 3.39. The van der Waals surface area contributed by atoms with Crippen LogP contribution in [0.4, 0.5) is 0 Å². The number of nitrogens with one attached hydrogen (secondary N) is 1. The van der Waals surface area contributed by atoms with Crippen molar-refractivity contribution in [1.29, 1.82) is 0 Å². The van der Waals surface area contributed by atoms with Gasteiger partial charge in [-0.25, -0.2) is 0 Å². The summed E-state index contributed by atoms with van der Waals surface area (Å²) in [6, 6.07) is 12.4. The molecule has 0 aliphatic rings. The van der Waals surface area contributed by atoms with Crippen molar-refractivity contribution in [2.24, 2.45) is 0 Å². The molecule has 0 aliphatic carbocycles. The van der Waals surface area contributed by atoms with Gasteiger partial charge in [-0.05, 0) is 55.3 Å². The summed E-state index contributed by atoms with van der Waals surface area (Å²) < 4.78 is 11.3. The van der Waals surface area contributed by atoms with Gasteiger partial charge >= 0.3 is 0 Å². The summed E-state index contributed by atoms with van der Waals surface area (Å²) in [4.78, 5) is 0.753. The Morgan fingerprint density at radius 1 is 1.09 bits per heavy atom. The van der Waals surface area contributed by atoms with Gasteiger partial charge < -0.3 is 14.8 Å². The lowest BCUT2D eigenvalue weighted by molar-refractivity contribution is 0.260. The molecule has 0 saturated heterocycles. The third-order valence-corrected chi connectivity index (χ3v) is 3.77. The molecule has 0 bridgehead atoms. The van der Waals surface area contributed by atoms with Crippen LogP contribution in [-0.2, 0) is 0 Å². The zero-order chi connectivity index (χ0) is 16.1. The quantitative estimate of drug-likeness (QED) is 0.803. The lowest BCUT2D eigenvalue weighted by Gasteiger charge is -2.21. The first-order valence-electron chi connectivity index (χ1n) is 7.58. The van der Waals surface area contributed by atoms with Crippen molar-refractivity contribution < 1.29 is 9.47 Å². The molecule has 0 radical (unpaired) electrons. The minimum Gasteiger partial charge on any atom is -0.497 e. The Bertz CT molecular complexity index is 655. The molecule has 0 saturated carbocycles. The molecule has 0 spiro atoms. The first-order valence-corrected chi connectivity index (χ1v) is 7.99. The normalized spacial score (nSPS) is 12.2. The summed E-state index contributed by atoms with van der Waals surface area (Å²) in [5.74, 6) is 1.66. The minimum absolute atomic E-state index is 0.111. The Morgan fingerprint density at radius 2 is 1.73 bits per heavy atom. The van der Waals surface area contributed by atoms with Gasteiger partial charge in [0.05, 0.1) is 7.11 Å². The molecule has 0 fully saturated rings. The van der Waals surface area contributed by atoms with Crippen molar-refractivity contribution in [3.63, 3.8) is 0 Å². The predicted molar refractivity (Wildman–Crippen MR) is 96.1 cm³/mol. The van der Waals surface area contributed by atoms with Crippen LogP contribution in [0, 0.1) is 0 Å². The molecule has 1 atom stereocenters. The second-order valence-electron chi connectivity index (χ2n) is 5.55. The minimum atomic E-state index is -0.111. The molecular weight excluding hydrogens is 294 g/mol. The average Bonchev–Trinajstić information content (AvgIpc) is 2.50. The van der Waals surface area contributed by atoms with Crippen LogP contribution in [0.2, 0.25) is 0 Å². The molecule has 2 aromatic carbocycles. The van der Waals surface area contributed by atoms with Crippen LogP contribution in [0.15, 0.2) is 36.4 Å². The van der Waals surface area contributed by atoms with E-state index in [0.717, 1.165) is 33.7 Å². The first-order chi connectivity index (χ1) is 10.5. The number of ether oxygens (including phenoxy) is 2. The van der Waals surface area contributed by atoms with Gasteiger partial charge in [0, 0.05) is 6.04 Å². The lowest BCUT2D eigenvalue weighted by Crippen LogP contribution is -2.39. The van der Waals surface area contributed by atoms with Gasteiger partial charge in [-0.15, -0.1) is 0 Å². The van der Waals surface area contributed by atoms with Crippen molar-refractivity contribution in [2.45, 2.75) is 39.3 Å². The van der Waals surface area contributed by atoms with Crippen molar-refractivity contribution in [3.05, 3.63) is 36.4 Å². The lowest BCUT2D eigenvalue weighted by atomic mass is 10.1. The average molecular weight is 317 g/mol. The summed E-state index contributed by atoms with van der Waals surface area (Å²) in [5.41, 5.74) is 0. The van der Waals surface area contributed by atoms with Crippen LogP contribution < -0.4 is 14.8 Å². The molecule has 1 unspecified atom stereocenters. The van der Waals surface area contributed by atoms with Crippen LogP contribution in [0.3, 0.4) is 0 Å². The number of benzene rings is 2. The van der Waals surface area contributed by atoms with Gasteiger partial charge in [0.2, 0.25) is 0 Å². The molecule has 1 N–H and O–H groups in total. The Balaban J connectivity index is 2.20. The third kappa shape index (κ3) is 4.10. The maximum absolute atomic E-state index is 6.06. The van der Waals surface area contributed by atoms with Crippen LogP contribution in [0.5, 0.6) is 11.5 Å². The Morgan fingerprint density at radius 3 is 2.32 bits per heavy atom. The second kappa shape index (κ2) is 7.45. The van der Waals surface area contributed by atoms with E-state index < -0.39 is 0 Å². The Hall–Kier alpha value is -1.81. The largest absolute Gasteiger partial charge is 0.497 e. The van der Waals surface area contributed by atoms with Crippen LogP contribution in [0.25, 0.3) is 10.8 Å². The highest BCUT2D eigenvalue weighted by molar-refractivity contribution is 7.80. The topological polar surface area (TPSA) is 30.5 Å². The summed E-state index contributed by atoms with van der Waals surface area (Å²) >= 11 is 5.43. The van der Waals surface area contributed by atoms with Gasteiger partial charge in [0.1, 0.15) is 22.6 Å². The van der Waals surface area contributed by atoms with E-state index in [9.17, 15) is 0 Å². The summed E-state index contributed by atoms with van der Waals surface area (Å²) in [6.07, 6.45) is 0.717. The molecule has 118 valence electrons. The SMILES string of the molecule is CCC(Oc1ccc2ccc(OC)cc2c1)C(=S)NC(C)C. The van der Waals surface area contributed by atoms with Crippen LogP contribution >= 0.6 is 12.2 Å². The zero-order valence-electron chi connectivity index (χ0n) is 13.6. The first kappa shape index (κ1) is 16.6. The molecular formula is C18H23NO2S. The van der Waals surface area contributed by atoms with Crippen molar-refractivity contribution in [1.82, 2.24) is 5.32 Å². The van der Waals surface area contributed by atoms with Gasteiger partial charge in [-0.2, -0.15) is 0 Å². The monoisotopic (exact) mass is 317 g/mol. The van der Waals surface area contributed by atoms with E-state index in [1.54, 1.807) is 7.11 Å². The van der Waals surface area contributed by atoms with E-state index >= 15 is 0 Å². The van der Waals surface area contributed by atoms with Gasteiger partial charge in [0.25, 0.3) is 0 Å². The molecule has 4 heteroatoms. The van der Waals surface area contributed by atoms with Crippen molar-refractivity contribution in [2.75, 3.05) is 7.11 Å². The fourth-order valence-electron chi connectivity index (χ4n) is 2.27. The molecule has 0 amide bonds. The fourth-order valence-corrected chi connectivity index (χ4v) is 2.72. The van der Waals surface area contributed by atoms with Crippen LogP contribution in [-0.4, -0.2) is 24.2 Å². The van der Waals surface area contributed by atoms with Gasteiger partial charge in [-0.3, -0.25) is 0 Å². The molecule has 0 aromatic heterocycles. The highest BCUT2D eigenvalue weighted by atomic mass is 32.1. The zero-order valence-corrected chi connectivity index (χ0v) is 14.4. The molecule has 22 heavy (non-hydrogen) atoms. The maximum Gasteiger partial charge on any atom is 0.148 e. The molecule has 2 aromatic rings. The highest BCUT2D eigenvalue weighted by Crippen LogP contribution is 2.25. The van der Waals surface area contributed by atoms with Gasteiger partial charge in [-0.1, -0.05) is 31.3 Å². The van der Waals surface area contributed by atoms with E-state index in [-0.39, 0.29) is 6.10 Å². The van der Waals surface area contributed by atoms with E-state index in [2.05, 4.69) is 32.2 Å². The molecule has 0 aliphatic heterocycles. The number of thiocarbonyl (C=S) groups is 1. The number of fused-ring (bicyclic) bond motifs is 1. The molecule has 3 nitrogen and oxygen atoms in total.